The molecule has 0 aromatic heterocycles. The Hall–Kier alpha value is -0.551. The number of hydrogen-bond donors (Lipinski definition) is 0. The number of halogens is 3. The summed E-state index contributed by atoms with van der Waals surface area (Å²) in [6, 6.07) is 12.5. The van der Waals surface area contributed by atoms with Crippen molar-refractivity contribution in [1.82, 2.24) is 0 Å². The van der Waals surface area contributed by atoms with E-state index >= 15 is 0 Å². The first-order valence-corrected chi connectivity index (χ1v) is 2.48. The normalized spacial score (nSPS) is 6.46. The summed E-state index contributed by atoms with van der Waals surface area (Å²) in [5.74, 6) is 0. The molecule has 0 amide bonds. The summed E-state index contributed by atoms with van der Waals surface area (Å²) in [6.07, 6.45) is 0. The van der Waals surface area contributed by atoms with Crippen LogP contribution in [0.25, 0.3) is 12.3 Å². The average molecular weight is 242 g/mol. The molecule has 0 saturated carbocycles. The van der Waals surface area contributed by atoms with Crippen LogP contribution in [0.4, 0.5) is 13.2 Å². The molecule has 2 nitrogen and oxygen atoms in total. The Morgan fingerprint density at radius 2 is 1.15 bits per heavy atom. The molecule has 6 heteroatoms. The van der Waals surface area contributed by atoms with Crippen LogP contribution in [0.5, 0.6) is 0 Å². The number of rotatable bonds is 0. The van der Waals surface area contributed by atoms with E-state index in [1.54, 1.807) is 0 Å². The third-order valence-corrected chi connectivity index (χ3v) is 0.607. The van der Waals surface area contributed by atoms with Crippen LogP contribution in [0.3, 0.4) is 0 Å². The molecule has 1 aromatic rings. The van der Waals surface area contributed by atoms with Crippen LogP contribution in [-0.4, -0.2) is 0 Å². The van der Waals surface area contributed by atoms with E-state index in [1.807, 2.05) is 30.3 Å². The molecule has 1 aromatic carbocycles. The third-order valence-electron chi connectivity index (χ3n) is 0.607. The molecular formula is C7H9CuF3N2-4. The molecule has 0 aliphatic carbocycles. The molecule has 1 radical (unpaired) electrons. The second kappa shape index (κ2) is 17.5. The Balaban J connectivity index is -0.0000000536. The van der Waals surface area contributed by atoms with Crippen molar-refractivity contribution in [1.29, 1.82) is 0 Å². The minimum Gasteiger partial charge on any atom is -0.693 e. The van der Waals surface area contributed by atoms with Gasteiger partial charge in [-0.1, -0.05) is 0 Å². The van der Waals surface area contributed by atoms with Crippen molar-refractivity contribution in [2.45, 2.75) is 0 Å². The van der Waals surface area contributed by atoms with E-state index < -0.39 is 6.68 Å². The number of hydrogen-bond acceptors (Lipinski definition) is 0. The van der Waals surface area contributed by atoms with Gasteiger partial charge in [-0.3, -0.25) is 0 Å². The molecule has 0 atom stereocenters. The first kappa shape index (κ1) is 22.9. The van der Waals surface area contributed by atoms with Gasteiger partial charge >= 0.3 is 0 Å². The zero-order valence-electron chi connectivity index (χ0n) is 6.48. The smallest absolute Gasteiger partial charge is 0.154 e. The van der Waals surface area contributed by atoms with Gasteiger partial charge in [0, 0.05) is 17.1 Å². The molecule has 0 saturated heterocycles. The maximum atomic E-state index is 9.58. The second-order valence-corrected chi connectivity index (χ2v) is 1.29. The van der Waals surface area contributed by atoms with E-state index in [1.165, 1.54) is 0 Å². The molecular weight excluding hydrogens is 233 g/mol. The standard InChI is InChI=1S/C6H5.CF3.Cu.2H2N/c1-2-4-6-5-3-1;2-1(3)4;;;/h1-5H;;;2*1H2/q2*-1;;2*-1. The van der Waals surface area contributed by atoms with Gasteiger partial charge in [0.1, 0.15) is 0 Å². The van der Waals surface area contributed by atoms with Crippen LogP contribution in [-0.2, 0) is 17.1 Å². The fourth-order valence-electron chi connectivity index (χ4n) is 0.342. The van der Waals surface area contributed by atoms with Crippen LogP contribution < -0.4 is 0 Å². The first-order chi connectivity index (χ1) is 4.73. The predicted octanol–water partition coefficient (Wildman–Crippen LogP) is 4.26. The summed E-state index contributed by atoms with van der Waals surface area (Å²) in [6.45, 7) is -3.08. The molecule has 1 rings (SSSR count). The molecule has 83 valence electrons. The van der Waals surface area contributed by atoms with Crippen LogP contribution in [0, 0.1) is 12.7 Å². The summed E-state index contributed by atoms with van der Waals surface area (Å²) in [7, 11) is 0. The van der Waals surface area contributed by atoms with Gasteiger partial charge in [0.2, 0.25) is 0 Å². The summed E-state index contributed by atoms with van der Waals surface area (Å²) in [5.41, 5.74) is 0. The van der Waals surface area contributed by atoms with Crippen molar-refractivity contribution in [3.8, 4) is 0 Å². The molecule has 0 fully saturated rings. The zero-order chi connectivity index (χ0) is 7.82. The SMILES string of the molecule is F[C-](F)F.[Cu].[NH2-].[NH2-].[c-]1ccccc1. The molecule has 0 unspecified atom stereocenters. The number of nitrogens with two attached hydrogens (primary N) is 2. The largest absolute Gasteiger partial charge is 0.693 e. The van der Waals surface area contributed by atoms with Crippen molar-refractivity contribution in [3.63, 3.8) is 0 Å². The van der Waals surface area contributed by atoms with Crippen LogP contribution in [0.15, 0.2) is 30.3 Å². The summed E-state index contributed by atoms with van der Waals surface area (Å²) in [4.78, 5) is 0. The van der Waals surface area contributed by atoms with E-state index in [9.17, 15) is 13.2 Å². The van der Waals surface area contributed by atoms with Gasteiger partial charge in [0.05, 0.1) is 0 Å². The summed E-state index contributed by atoms with van der Waals surface area (Å²) >= 11 is 0. The van der Waals surface area contributed by atoms with Crippen molar-refractivity contribution < 1.29 is 30.2 Å². The molecule has 4 N–H and O–H groups in total. The summed E-state index contributed by atoms with van der Waals surface area (Å²) in [5, 5.41) is 0. The minimum absolute atomic E-state index is 0. The fourth-order valence-corrected chi connectivity index (χ4v) is 0.342. The fraction of sp³-hybridized carbons (Fsp3) is 0. The Morgan fingerprint density at radius 1 is 0.846 bits per heavy atom. The molecule has 13 heavy (non-hydrogen) atoms. The predicted molar refractivity (Wildman–Crippen MR) is 42.4 cm³/mol. The van der Waals surface area contributed by atoms with E-state index in [-0.39, 0.29) is 29.4 Å². The van der Waals surface area contributed by atoms with Gasteiger partial charge in [-0.05, 0) is 0 Å². The van der Waals surface area contributed by atoms with Crippen LogP contribution >= 0.6 is 0 Å². The van der Waals surface area contributed by atoms with E-state index in [0.717, 1.165) is 0 Å². The third kappa shape index (κ3) is 34.4. The maximum absolute atomic E-state index is 9.58. The van der Waals surface area contributed by atoms with Crippen molar-refractivity contribution >= 4 is 0 Å². The second-order valence-electron chi connectivity index (χ2n) is 1.29. The van der Waals surface area contributed by atoms with Gasteiger partial charge in [-0.15, -0.1) is 0 Å². The first-order valence-electron chi connectivity index (χ1n) is 2.48. The van der Waals surface area contributed by atoms with E-state index in [4.69, 9.17) is 0 Å². The topological polar surface area (TPSA) is 67.0 Å². The Labute approximate surface area is 86.2 Å². The van der Waals surface area contributed by atoms with Gasteiger partial charge < -0.3 is 25.5 Å². The average Bonchev–Trinajstić information content (AvgIpc) is 1.90. The van der Waals surface area contributed by atoms with Gasteiger partial charge in [-0.25, -0.2) is 0 Å². The van der Waals surface area contributed by atoms with Crippen LogP contribution in [0.2, 0.25) is 0 Å². The van der Waals surface area contributed by atoms with Gasteiger partial charge in [0.25, 0.3) is 0 Å². The summed E-state index contributed by atoms with van der Waals surface area (Å²) < 4.78 is 28.8. The van der Waals surface area contributed by atoms with Crippen molar-refractivity contribution in [2.75, 3.05) is 0 Å². The monoisotopic (exact) mass is 241 g/mol. The molecule has 0 spiro atoms. The maximum Gasteiger partial charge on any atom is 0.154 e. The quantitative estimate of drug-likeness (QED) is 0.481. The number of benzene rings is 1. The van der Waals surface area contributed by atoms with E-state index in [0.29, 0.717) is 0 Å². The van der Waals surface area contributed by atoms with Gasteiger partial charge in [0.15, 0.2) is 6.68 Å². The minimum atomic E-state index is -3.08. The zero-order valence-corrected chi connectivity index (χ0v) is 7.42. The van der Waals surface area contributed by atoms with Crippen molar-refractivity contribution in [3.05, 3.63) is 55.4 Å². The van der Waals surface area contributed by atoms with Crippen LogP contribution in [0.1, 0.15) is 0 Å². The van der Waals surface area contributed by atoms with E-state index in [2.05, 4.69) is 6.07 Å². The Kier molecular flexibility index (Phi) is 30.8. The molecule has 0 aliphatic heterocycles. The van der Waals surface area contributed by atoms with Gasteiger partial charge in [-0.2, -0.15) is 36.4 Å². The molecule has 0 bridgehead atoms. The Bertz CT molecular complexity index is 122. The van der Waals surface area contributed by atoms with Crippen molar-refractivity contribution in [2.24, 2.45) is 0 Å². The molecule has 0 heterocycles. The Morgan fingerprint density at radius 3 is 1.23 bits per heavy atom. The molecule has 0 aliphatic rings.